The molecule has 1 aliphatic rings. The lowest BCUT2D eigenvalue weighted by Gasteiger charge is -2.38. The SMILES string of the molecule is CCCc1cc(CN)cc(N2CC(C)OCC2C)n1. The molecule has 4 heteroatoms. The van der Waals surface area contributed by atoms with E-state index in [-0.39, 0.29) is 6.10 Å². The first-order valence-electron chi connectivity index (χ1n) is 7.22. The summed E-state index contributed by atoms with van der Waals surface area (Å²) < 4.78 is 5.68. The minimum Gasteiger partial charge on any atom is -0.375 e. The van der Waals surface area contributed by atoms with Gasteiger partial charge in [-0.15, -0.1) is 0 Å². The highest BCUT2D eigenvalue weighted by atomic mass is 16.5. The third-order valence-electron chi connectivity index (χ3n) is 3.57. The molecule has 0 aromatic carbocycles. The summed E-state index contributed by atoms with van der Waals surface area (Å²) in [6.07, 6.45) is 2.37. The number of nitrogens with zero attached hydrogens (tertiary/aromatic N) is 2. The number of pyridine rings is 1. The van der Waals surface area contributed by atoms with E-state index in [4.69, 9.17) is 15.5 Å². The van der Waals surface area contributed by atoms with Gasteiger partial charge in [0.1, 0.15) is 5.82 Å². The normalized spacial score (nSPS) is 23.7. The Bertz CT molecular complexity index is 422. The summed E-state index contributed by atoms with van der Waals surface area (Å²) in [4.78, 5) is 7.13. The summed E-state index contributed by atoms with van der Waals surface area (Å²) in [7, 11) is 0. The van der Waals surface area contributed by atoms with Gasteiger partial charge in [-0.1, -0.05) is 13.3 Å². The molecule has 1 fully saturated rings. The van der Waals surface area contributed by atoms with Gasteiger partial charge in [-0.2, -0.15) is 0 Å². The minimum absolute atomic E-state index is 0.258. The van der Waals surface area contributed by atoms with E-state index in [1.54, 1.807) is 0 Å². The van der Waals surface area contributed by atoms with Crippen molar-refractivity contribution in [2.75, 3.05) is 18.1 Å². The molecule has 0 saturated carbocycles. The average Bonchev–Trinajstić information content (AvgIpc) is 2.41. The topological polar surface area (TPSA) is 51.4 Å². The van der Waals surface area contributed by atoms with Crippen molar-refractivity contribution in [3.05, 3.63) is 23.4 Å². The Balaban J connectivity index is 2.28. The van der Waals surface area contributed by atoms with E-state index in [1.807, 2.05) is 0 Å². The van der Waals surface area contributed by atoms with Gasteiger partial charge in [0.25, 0.3) is 0 Å². The molecule has 2 unspecified atom stereocenters. The number of nitrogens with two attached hydrogens (primary N) is 1. The number of hydrogen-bond donors (Lipinski definition) is 1. The second-order valence-electron chi connectivity index (χ2n) is 5.42. The highest BCUT2D eigenvalue weighted by Crippen LogP contribution is 2.22. The van der Waals surface area contributed by atoms with Crippen molar-refractivity contribution in [1.29, 1.82) is 0 Å². The van der Waals surface area contributed by atoms with Crippen LogP contribution in [0.2, 0.25) is 0 Å². The van der Waals surface area contributed by atoms with Crippen LogP contribution in [0.4, 0.5) is 5.82 Å². The van der Waals surface area contributed by atoms with Crippen molar-refractivity contribution < 1.29 is 4.74 Å². The van der Waals surface area contributed by atoms with Crippen LogP contribution in [0.15, 0.2) is 12.1 Å². The van der Waals surface area contributed by atoms with Crippen molar-refractivity contribution in [1.82, 2.24) is 4.98 Å². The van der Waals surface area contributed by atoms with Crippen LogP contribution in [0.1, 0.15) is 38.4 Å². The molecule has 1 aromatic heterocycles. The van der Waals surface area contributed by atoms with Crippen LogP contribution in [-0.4, -0.2) is 30.3 Å². The molecule has 1 aliphatic heterocycles. The molecule has 2 heterocycles. The maximum atomic E-state index is 5.80. The Morgan fingerprint density at radius 2 is 2.21 bits per heavy atom. The second-order valence-corrected chi connectivity index (χ2v) is 5.42. The molecule has 19 heavy (non-hydrogen) atoms. The van der Waals surface area contributed by atoms with Gasteiger partial charge in [0.05, 0.1) is 18.8 Å². The quantitative estimate of drug-likeness (QED) is 0.904. The van der Waals surface area contributed by atoms with Crippen LogP contribution in [0.5, 0.6) is 0 Å². The number of hydrogen-bond acceptors (Lipinski definition) is 4. The average molecular weight is 263 g/mol. The summed E-state index contributed by atoms with van der Waals surface area (Å²) in [5.41, 5.74) is 8.12. The Kier molecular flexibility index (Phi) is 4.77. The predicted octanol–water partition coefficient (Wildman–Crippen LogP) is 2.11. The molecular weight excluding hydrogens is 238 g/mol. The first kappa shape index (κ1) is 14.3. The monoisotopic (exact) mass is 263 g/mol. The van der Waals surface area contributed by atoms with E-state index in [1.165, 1.54) is 5.56 Å². The van der Waals surface area contributed by atoms with Crippen LogP contribution in [0.25, 0.3) is 0 Å². The number of aryl methyl sites for hydroxylation is 1. The summed E-state index contributed by atoms with van der Waals surface area (Å²) in [5.74, 6) is 1.05. The lowest BCUT2D eigenvalue weighted by Crippen LogP contribution is -2.47. The molecular formula is C15H25N3O. The summed E-state index contributed by atoms with van der Waals surface area (Å²) in [6, 6.07) is 4.61. The van der Waals surface area contributed by atoms with Gasteiger partial charge in [-0.05, 0) is 38.0 Å². The summed E-state index contributed by atoms with van der Waals surface area (Å²) in [6.45, 7) is 8.70. The van der Waals surface area contributed by atoms with Crippen LogP contribution in [-0.2, 0) is 17.7 Å². The van der Waals surface area contributed by atoms with E-state index < -0.39 is 0 Å². The summed E-state index contributed by atoms with van der Waals surface area (Å²) in [5, 5.41) is 0. The maximum Gasteiger partial charge on any atom is 0.129 e. The van der Waals surface area contributed by atoms with Gasteiger partial charge in [0, 0.05) is 18.8 Å². The Labute approximate surface area is 116 Å². The van der Waals surface area contributed by atoms with E-state index in [0.29, 0.717) is 12.6 Å². The third kappa shape index (κ3) is 3.45. The molecule has 1 saturated heterocycles. The fourth-order valence-corrected chi connectivity index (χ4v) is 2.50. The van der Waals surface area contributed by atoms with Crippen molar-refractivity contribution in [3.8, 4) is 0 Å². The van der Waals surface area contributed by atoms with E-state index in [9.17, 15) is 0 Å². The molecule has 0 aliphatic carbocycles. The van der Waals surface area contributed by atoms with E-state index in [0.717, 1.165) is 37.5 Å². The van der Waals surface area contributed by atoms with Crippen molar-refractivity contribution in [2.24, 2.45) is 5.73 Å². The molecule has 0 amide bonds. The van der Waals surface area contributed by atoms with Crippen LogP contribution in [0, 0.1) is 0 Å². The van der Waals surface area contributed by atoms with Gasteiger partial charge < -0.3 is 15.4 Å². The zero-order valence-electron chi connectivity index (χ0n) is 12.2. The highest BCUT2D eigenvalue weighted by molar-refractivity contribution is 5.44. The van der Waals surface area contributed by atoms with Gasteiger partial charge in [0.15, 0.2) is 0 Å². The lowest BCUT2D eigenvalue weighted by molar-refractivity contribution is 0.0340. The Morgan fingerprint density at radius 1 is 1.42 bits per heavy atom. The number of rotatable bonds is 4. The summed E-state index contributed by atoms with van der Waals surface area (Å²) >= 11 is 0. The molecule has 106 valence electrons. The second kappa shape index (κ2) is 6.35. The standard InChI is InChI=1S/C15H25N3O/c1-4-5-14-6-13(8-16)7-15(17-14)18-9-12(3)19-10-11(18)2/h6-7,11-12H,4-5,8-10,16H2,1-3H3. The minimum atomic E-state index is 0.258. The van der Waals surface area contributed by atoms with Gasteiger partial charge in [-0.25, -0.2) is 4.98 Å². The van der Waals surface area contributed by atoms with Gasteiger partial charge in [-0.3, -0.25) is 0 Å². The Hall–Kier alpha value is -1.13. The Morgan fingerprint density at radius 3 is 2.89 bits per heavy atom. The van der Waals surface area contributed by atoms with Crippen LogP contribution < -0.4 is 10.6 Å². The van der Waals surface area contributed by atoms with E-state index in [2.05, 4.69) is 37.8 Å². The number of aromatic nitrogens is 1. The number of morpholine rings is 1. The third-order valence-corrected chi connectivity index (χ3v) is 3.57. The molecule has 2 rings (SSSR count). The smallest absolute Gasteiger partial charge is 0.129 e. The molecule has 0 spiro atoms. The highest BCUT2D eigenvalue weighted by Gasteiger charge is 2.24. The van der Waals surface area contributed by atoms with Crippen LogP contribution >= 0.6 is 0 Å². The van der Waals surface area contributed by atoms with E-state index >= 15 is 0 Å². The number of anilines is 1. The first-order valence-corrected chi connectivity index (χ1v) is 7.22. The molecule has 0 radical (unpaired) electrons. The molecule has 0 bridgehead atoms. The largest absolute Gasteiger partial charge is 0.375 e. The first-order chi connectivity index (χ1) is 9.13. The molecule has 4 nitrogen and oxygen atoms in total. The zero-order chi connectivity index (χ0) is 13.8. The number of ether oxygens (including phenoxy) is 1. The fourth-order valence-electron chi connectivity index (χ4n) is 2.50. The van der Waals surface area contributed by atoms with Gasteiger partial charge >= 0.3 is 0 Å². The van der Waals surface area contributed by atoms with Crippen molar-refractivity contribution in [2.45, 2.75) is 52.3 Å². The van der Waals surface area contributed by atoms with Crippen LogP contribution in [0.3, 0.4) is 0 Å². The van der Waals surface area contributed by atoms with Crippen molar-refractivity contribution >= 4 is 5.82 Å². The predicted molar refractivity (Wildman–Crippen MR) is 78.3 cm³/mol. The van der Waals surface area contributed by atoms with Gasteiger partial charge in [0.2, 0.25) is 0 Å². The molecule has 2 atom stereocenters. The lowest BCUT2D eigenvalue weighted by atomic mass is 10.1. The molecule has 2 N–H and O–H groups in total. The molecule has 1 aromatic rings. The zero-order valence-corrected chi connectivity index (χ0v) is 12.2. The van der Waals surface area contributed by atoms with Crippen molar-refractivity contribution in [3.63, 3.8) is 0 Å². The maximum absolute atomic E-state index is 5.80. The fraction of sp³-hybridized carbons (Fsp3) is 0.667.